The van der Waals surface area contributed by atoms with Crippen LogP contribution in [-0.4, -0.2) is 52.2 Å². The van der Waals surface area contributed by atoms with Crippen LogP contribution in [0.5, 0.6) is 0 Å². The van der Waals surface area contributed by atoms with E-state index in [1.807, 2.05) is 0 Å². The summed E-state index contributed by atoms with van der Waals surface area (Å²) in [6.45, 7) is 0.280. The fourth-order valence-corrected chi connectivity index (χ4v) is 12.6. The van der Waals surface area contributed by atoms with Crippen LogP contribution in [-0.2, 0) is 24.8 Å². The number of hydrogen-bond donors (Lipinski definition) is 0. The van der Waals surface area contributed by atoms with Gasteiger partial charge in [-0.1, -0.05) is 0 Å². The molecule has 0 aromatic carbocycles. The Hall–Kier alpha value is -0.810. The van der Waals surface area contributed by atoms with Gasteiger partial charge in [-0.3, -0.25) is 4.79 Å². The predicted octanol–water partition coefficient (Wildman–Crippen LogP) is 4.50. The normalized spacial score (nSPS) is 43.2. The van der Waals surface area contributed by atoms with E-state index < -0.39 is 31.2 Å². The number of carbonyl (C=O) groups is 1. The van der Waals surface area contributed by atoms with Crippen molar-refractivity contribution in [2.45, 2.75) is 82.3 Å². The van der Waals surface area contributed by atoms with Crippen LogP contribution in [0.1, 0.15) is 77.0 Å². The van der Waals surface area contributed by atoms with Crippen LogP contribution < -0.4 is 0 Å². The topological polar surface area (TPSA) is 103 Å². The van der Waals surface area contributed by atoms with Crippen molar-refractivity contribution in [3.8, 4) is 0 Å². The molecule has 8 rings (SSSR count). The van der Waals surface area contributed by atoms with Gasteiger partial charge in [-0.15, -0.1) is 0 Å². The Morgan fingerprint density at radius 2 is 1.06 bits per heavy atom. The lowest BCUT2D eigenvalue weighted by Gasteiger charge is -2.60. The summed E-state index contributed by atoms with van der Waals surface area (Å²) in [4.78, 5) is 14.7. The third kappa shape index (κ3) is 4.42. The molecule has 0 radical (unpaired) electrons. The van der Waals surface area contributed by atoms with Crippen molar-refractivity contribution in [1.29, 1.82) is 0 Å². The summed E-state index contributed by atoms with van der Waals surface area (Å²) in [6.07, 6.45) is 12.8. The zero-order chi connectivity index (χ0) is 25.7. The van der Waals surface area contributed by atoms with Crippen molar-refractivity contribution >= 4 is 26.0 Å². The van der Waals surface area contributed by atoms with Gasteiger partial charge in [-0.25, -0.2) is 16.8 Å². The summed E-state index contributed by atoms with van der Waals surface area (Å²) in [7, 11) is -10.5. The first-order valence-corrected chi connectivity index (χ1v) is 16.8. The maximum Gasteiger partial charge on any atom is 0.406 e. The molecule has 36 heavy (non-hydrogen) atoms. The molecule has 0 aromatic heterocycles. The molecule has 0 spiro atoms. The maximum atomic E-state index is 15.4. The van der Waals surface area contributed by atoms with E-state index in [0.717, 1.165) is 43.4 Å². The first-order valence-electron chi connectivity index (χ1n) is 13.5. The molecule has 0 aliphatic heterocycles. The fraction of sp³-hybridized carbons (Fsp3) is 0.960. The van der Waals surface area contributed by atoms with Gasteiger partial charge in [0.15, 0.2) is 10.0 Å². The van der Waals surface area contributed by atoms with Gasteiger partial charge in [-0.2, -0.15) is 8.78 Å². The van der Waals surface area contributed by atoms with Crippen LogP contribution in [0.15, 0.2) is 0 Å². The summed E-state index contributed by atoms with van der Waals surface area (Å²) in [5.74, 6) is 1.53. The lowest BCUT2D eigenvalue weighted by molar-refractivity contribution is -0.159. The van der Waals surface area contributed by atoms with E-state index >= 15 is 8.78 Å². The molecule has 11 heteroatoms. The molecule has 204 valence electrons. The molecule has 0 saturated heterocycles. The molecular weight excluding hydrogens is 510 g/mol. The smallest absolute Gasteiger partial charge is 0.406 e. The Labute approximate surface area is 213 Å². The highest BCUT2D eigenvalue weighted by molar-refractivity contribution is 8.12. The van der Waals surface area contributed by atoms with Crippen LogP contribution >= 0.6 is 0 Å². The molecule has 0 aromatic rings. The minimum atomic E-state index is -5.88. The van der Waals surface area contributed by atoms with Gasteiger partial charge in [0, 0.05) is 19.3 Å². The van der Waals surface area contributed by atoms with E-state index in [-0.39, 0.29) is 23.9 Å². The summed E-state index contributed by atoms with van der Waals surface area (Å²) < 4.78 is 80.9. The van der Waals surface area contributed by atoms with E-state index in [9.17, 15) is 21.6 Å². The van der Waals surface area contributed by atoms with Gasteiger partial charge in [0.1, 0.15) is 0 Å². The highest BCUT2D eigenvalue weighted by Crippen LogP contribution is 2.62. The lowest BCUT2D eigenvalue weighted by Crippen LogP contribution is -2.59. The number of halogens is 2. The van der Waals surface area contributed by atoms with E-state index in [4.69, 9.17) is 0 Å². The third-order valence-corrected chi connectivity index (χ3v) is 13.2. The van der Waals surface area contributed by atoms with Crippen molar-refractivity contribution in [2.24, 2.45) is 46.3 Å². The minimum Gasteiger partial charge on any atom is -0.431 e. The van der Waals surface area contributed by atoms with Gasteiger partial charge < -0.3 is 9.03 Å². The SMILES string of the molecule is CS(=O)(=O)[N-]S(=O)(=O)C(F)(F)C(=O)N(CC12CC3CC(CC(C3)C1)C2)CC12CC3CC(CC(C3)C1)C2. The van der Waals surface area contributed by atoms with Gasteiger partial charge in [0.05, 0.1) is 10.0 Å². The van der Waals surface area contributed by atoms with Crippen molar-refractivity contribution in [2.75, 3.05) is 19.3 Å². The fourth-order valence-electron chi connectivity index (χ4n) is 10.5. The van der Waals surface area contributed by atoms with Gasteiger partial charge >= 0.3 is 11.2 Å². The standard InChI is InChI=1S/C25H37F2N2O5S2/c1-35(31,32)28-36(33,34)25(26,27)22(30)29(14-23-8-16-2-17(9-23)4-18(3-16)10-23)15-24-11-19-5-20(12-24)7-21(6-19)13-24/h16-21H,2-15H2,1H3/q-1. The van der Waals surface area contributed by atoms with Crippen molar-refractivity contribution < 1.29 is 30.4 Å². The number of rotatable bonds is 8. The number of carbonyl (C=O) groups excluding carboxylic acids is 1. The molecule has 8 saturated carbocycles. The second kappa shape index (κ2) is 8.10. The molecule has 8 aliphatic rings. The zero-order valence-electron chi connectivity index (χ0n) is 20.9. The van der Waals surface area contributed by atoms with E-state index in [1.54, 1.807) is 0 Å². The average Bonchev–Trinajstić information content (AvgIpc) is 2.68. The Kier molecular flexibility index (Phi) is 5.73. The number of hydrogen-bond acceptors (Lipinski definition) is 5. The monoisotopic (exact) mass is 547 g/mol. The molecule has 8 bridgehead atoms. The highest BCUT2D eigenvalue weighted by atomic mass is 32.3. The van der Waals surface area contributed by atoms with Crippen molar-refractivity contribution in [1.82, 2.24) is 4.90 Å². The summed E-state index contributed by atoms with van der Waals surface area (Å²) in [5.41, 5.74) is -0.499. The maximum absolute atomic E-state index is 15.4. The molecule has 8 aliphatic carbocycles. The third-order valence-electron chi connectivity index (χ3n) is 10.5. The number of nitrogens with zero attached hydrogens (tertiary/aromatic N) is 2. The average molecular weight is 548 g/mol. The van der Waals surface area contributed by atoms with Gasteiger partial charge in [0.2, 0.25) is 0 Å². The van der Waals surface area contributed by atoms with Gasteiger partial charge in [-0.05, 0) is 123 Å². The van der Waals surface area contributed by atoms with Gasteiger partial charge in [0.25, 0.3) is 0 Å². The van der Waals surface area contributed by atoms with Crippen LogP contribution in [0.3, 0.4) is 0 Å². The number of sulfonamides is 2. The molecule has 0 heterocycles. The number of alkyl halides is 2. The highest BCUT2D eigenvalue weighted by Gasteiger charge is 2.58. The number of amides is 1. The van der Waals surface area contributed by atoms with Crippen molar-refractivity contribution in [3.05, 3.63) is 4.13 Å². The summed E-state index contributed by atoms with van der Waals surface area (Å²) in [6, 6.07) is 0. The molecule has 0 N–H and O–H groups in total. The Morgan fingerprint density at radius 1 is 0.750 bits per heavy atom. The molecule has 1 amide bonds. The van der Waals surface area contributed by atoms with Crippen LogP contribution in [0.25, 0.3) is 4.13 Å². The zero-order valence-corrected chi connectivity index (χ0v) is 22.5. The molecule has 8 fully saturated rings. The Bertz CT molecular complexity index is 1040. The van der Waals surface area contributed by atoms with Crippen LogP contribution in [0, 0.1) is 46.3 Å². The lowest BCUT2D eigenvalue weighted by atomic mass is 9.48. The molecule has 0 atom stereocenters. The predicted molar refractivity (Wildman–Crippen MR) is 130 cm³/mol. The Morgan fingerprint density at radius 3 is 1.33 bits per heavy atom. The Balaban J connectivity index is 1.32. The first-order chi connectivity index (χ1) is 16.6. The van der Waals surface area contributed by atoms with E-state index in [0.29, 0.717) is 41.8 Å². The first kappa shape index (κ1) is 25.5. The summed E-state index contributed by atoms with van der Waals surface area (Å²) >= 11 is 0. The van der Waals surface area contributed by atoms with E-state index in [1.165, 1.54) is 38.5 Å². The van der Waals surface area contributed by atoms with Crippen LogP contribution in [0.2, 0.25) is 0 Å². The molecular formula is C25H37F2N2O5S2-. The molecule has 7 nitrogen and oxygen atoms in total. The van der Waals surface area contributed by atoms with E-state index in [2.05, 4.69) is 4.13 Å². The quantitative estimate of drug-likeness (QED) is 0.445. The summed E-state index contributed by atoms with van der Waals surface area (Å²) in [5, 5.41) is -4.92. The second-order valence-electron chi connectivity index (χ2n) is 13.8. The molecule has 0 unspecified atom stereocenters. The second-order valence-corrected chi connectivity index (χ2v) is 17.3. The van der Waals surface area contributed by atoms with Crippen LogP contribution in [0.4, 0.5) is 8.78 Å². The minimum absolute atomic E-state index is 0.140. The largest absolute Gasteiger partial charge is 0.431 e. The van der Waals surface area contributed by atoms with Crippen molar-refractivity contribution in [3.63, 3.8) is 0 Å².